The van der Waals surface area contributed by atoms with Crippen molar-refractivity contribution in [2.75, 3.05) is 13.2 Å². The number of thiophene rings is 1. The average molecular weight is 281 g/mol. The van der Waals surface area contributed by atoms with Gasteiger partial charge in [-0.15, -0.1) is 11.3 Å². The Bertz CT molecular complexity index is 395. The number of hydrogen-bond donors (Lipinski definition) is 1. The van der Waals surface area contributed by atoms with Crippen molar-refractivity contribution in [3.8, 4) is 0 Å². The van der Waals surface area contributed by atoms with E-state index in [0.29, 0.717) is 12.1 Å². The molecule has 1 unspecified atom stereocenters. The Morgan fingerprint density at radius 1 is 1.37 bits per heavy atom. The predicted molar refractivity (Wildman–Crippen MR) is 83.0 cm³/mol. The van der Waals surface area contributed by atoms with Gasteiger partial charge in [0.05, 0.1) is 6.10 Å². The minimum atomic E-state index is 0.530. The van der Waals surface area contributed by atoms with E-state index < -0.39 is 0 Å². The lowest BCUT2D eigenvalue weighted by Gasteiger charge is -2.37. The molecule has 108 valence electrons. The topological polar surface area (TPSA) is 21.3 Å². The molecule has 1 fully saturated rings. The highest BCUT2D eigenvalue weighted by Crippen LogP contribution is 2.38. The molecule has 0 aromatic carbocycles. The van der Waals surface area contributed by atoms with Gasteiger partial charge in [0.2, 0.25) is 0 Å². The van der Waals surface area contributed by atoms with Gasteiger partial charge in [-0.25, -0.2) is 0 Å². The first kappa shape index (κ1) is 15.0. The lowest BCUT2D eigenvalue weighted by atomic mass is 9.77. The van der Waals surface area contributed by atoms with E-state index >= 15 is 0 Å². The minimum Gasteiger partial charge on any atom is -0.378 e. The van der Waals surface area contributed by atoms with Gasteiger partial charge in [-0.05, 0) is 64.1 Å². The molecule has 3 heteroatoms. The first-order valence-electron chi connectivity index (χ1n) is 7.55. The second-order valence-corrected chi connectivity index (χ2v) is 7.09. The third-order valence-electron chi connectivity index (χ3n) is 4.07. The van der Waals surface area contributed by atoms with E-state index in [4.69, 9.17) is 4.74 Å². The number of hydrogen-bond acceptors (Lipinski definition) is 3. The number of aryl methyl sites for hydroxylation is 2. The van der Waals surface area contributed by atoms with E-state index in [9.17, 15) is 0 Å². The molecule has 1 aliphatic carbocycles. The van der Waals surface area contributed by atoms with Gasteiger partial charge < -0.3 is 10.1 Å². The van der Waals surface area contributed by atoms with Gasteiger partial charge in [0, 0.05) is 22.4 Å². The van der Waals surface area contributed by atoms with E-state index in [1.165, 1.54) is 34.6 Å². The highest BCUT2D eigenvalue weighted by molar-refractivity contribution is 7.12. The van der Waals surface area contributed by atoms with Crippen LogP contribution in [0, 0.1) is 19.8 Å². The van der Waals surface area contributed by atoms with Crippen molar-refractivity contribution in [1.82, 2.24) is 5.32 Å². The maximum Gasteiger partial charge on any atom is 0.0580 e. The summed E-state index contributed by atoms with van der Waals surface area (Å²) < 4.78 is 5.66. The van der Waals surface area contributed by atoms with Crippen LogP contribution >= 0.6 is 11.3 Å². The Morgan fingerprint density at radius 2 is 2.11 bits per heavy atom. The predicted octanol–water partition coefficient (Wildman–Crippen LogP) is 4.22. The van der Waals surface area contributed by atoms with Crippen LogP contribution in [0.15, 0.2) is 6.07 Å². The van der Waals surface area contributed by atoms with Crippen molar-refractivity contribution < 1.29 is 4.74 Å². The van der Waals surface area contributed by atoms with Crippen molar-refractivity contribution in [3.63, 3.8) is 0 Å². The molecule has 19 heavy (non-hydrogen) atoms. The summed E-state index contributed by atoms with van der Waals surface area (Å²) in [6, 6.07) is 2.90. The number of nitrogens with one attached hydrogen (secondary N) is 1. The second kappa shape index (κ2) is 6.87. The zero-order valence-corrected chi connectivity index (χ0v) is 13.5. The van der Waals surface area contributed by atoms with Gasteiger partial charge in [0.25, 0.3) is 0 Å². The zero-order chi connectivity index (χ0) is 13.8. The molecular formula is C16H27NOS. The van der Waals surface area contributed by atoms with Crippen molar-refractivity contribution in [3.05, 3.63) is 21.4 Å². The van der Waals surface area contributed by atoms with Crippen molar-refractivity contribution in [1.29, 1.82) is 0 Å². The standard InChI is InChI=1S/C16H27NOS/c1-5-17-16(15-7-11(3)19-12(15)4)10-13-8-14(9-13)18-6-2/h7,13-14,16-17H,5-6,8-10H2,1-4H3. The summed E-state index contributed by atoms with van der Waals surface area (Å²) in [5, 5.41) is 3.66. The molecule has 2 rings (SSSR count). The molecule has 0 radical (unpaired) electrons. The molecule has 1 N–H and O–H groups in total. The summed E-state index contributed by atoms with van der Waals surface area (Å²) in [5.41, 5.74) is 1.52. The SMILES string of the molecule is CCNC(CC1CC(OCC)C1)c1cc(C)sc1C. The Balaban J connectivity index is 1.92. The zero-order valence-electron chi connectivity index (χ0n) is 12.7. The second-order valence-electron chi connectivity index (χ2n) is 5.63. The number of rotatable bonds is 7. The lowest BCUT2D eigenvalue weighted by molar-refractivity contribution is -0.0291. The van der Waals surface area contributed by atoms with Crippen LogP contribution in [-0.2, 0) is 4.74 Å². The Labute approximate surface area is 121 Å². The van der Waals surface area contributed by atoms with Crippen LogP contribution in [0.4, 0.5) is 0 Å². The molecule has 1 aromatic rings. The third kappa shape index (κ3) is 3.80. The molecule has 1 heterocycles. The molecule has 1 atom stereocenters. The fourth-order valence-electron chi connectivity index (χ4n) is 3.14. The van der Waals surface area contributed by atoms with Crippen LogP contribution in [0.3, 0.4) is 0 Å². The summed E-state index contributed by atoms with van der Waals surface area (Å²) in [4.78, 5) is 2.90. The quantitative estimate of drug-likeness (QED) is 0.808. The summed E-state index contributed by atoms with van der Waals surface area (Å²) in [7, 11) is 0. The van der Waals surface area contributed by atoms with Crippen LogP contribution < -0.4 is 5.32 Å². The molecule has 2 nitrogen and oxygen atoms in total. The number of ether oxygens (including phenoxy) is 1. The van der Waals surface area contributed by atoms with Crippen LogP contribution in [0.1, 0.15) is 54.5 Å². The van der Waals surface area contributed by atoms with E-state index in [2.05, 4.69) is 39.1 Å². The first-order valence-corrected chi connectivity index (χ1v) is 8.37. The summed E-state index contributed by atoms with van der Waals surface area (Å²) >= 11 is 1.92. The fraction of sp³-hybridized carbons (Fsp3) is 0.750. The Kier molecular flexibility index (Phi) is 5.43. The van der Waals surface area contributed by atoms with Gasteiger partial charge in [-0.2, -0.15) is 0 Å². The van der Waals surface area contributed by atoms with Crippen LogP contribution in [0.5, 0.6) is 0 Å². The average Bonchev–Trinajstić information content (AvgIpc) is 2.64. The van der Waals surface area contributed by atoms with Gasteiger partial charge in [-0.3, -0.25) is 0 Å². The molecular weight excluding hydrogens is 254 g/mol. The van der Waals surface area contributed by atoms with E-state index in [-0.39, 0.29) is 0 Å². The molecule has 1 saturated carbocycles. The monoisotopic (exact) mass is 281 g/mol. The van der Waals surface area contributed by atoms with E-state index in [1.807, 2.05) is 11.3 Å². The Hall–Kier alpha value is -0.380. The molecule has 0 amide bonds. The highest BCUT2D eigenvalue weighted by atomic mass is 32.1. The van der Waals surface area contributed by atoms with Crippen molar-refractivity contribution in [2.45, 2.75) is 59.1 Å². The van der Waals surface area contributed by atoms with Crippen LogP contribution in [0.2, 0.25) is 0 Å². The summed E-state index contributed by atoms with van der Waals surface area (Å²) in [6.07, 6.45) is 4.28. The third-order valence-corrected chi connectivity index (χ3v) is 5.05. The van der Waals surface area contributed by atoms with Gasteiger partial charge in [0.15, 0.2) is 0 Å². The minimum absolute atomic E-state index is 0.530. The Morgan fingerprint density at radius 3 is 2.63 bits per heavy atom. The molecule has 0 aliphatic heterocycles. The van der Waals surface area contributed by atoms with E-state index in [0.717, 1.165) is 19.1 Å². The largest absolute Gasteiger partial charge is 0.378 e. The van der Waals surface area contributed by atoms with E-state index in [1.54, 1.807) is 0 Å². The smallest absolute Gasteiger partial charge is 0.0580 e. The molecule has 1 aromatic heterocycles. The highest BCUT2D eigenvalue weighted by Gasteiger charge is 2.32. The summed E-state index contributed by atoms with van der Waals surface area (Å²) in [6.45, 7) is 10.6. The normalized spacial score (nSPS) is 24.2. The fourth-order valence-corrected chi connectivity index (χ4v) is 4.12. The molecule has 1 aliphatic rings. The maximum atomic E-state index is 5.66. The molecule has 0 saturated heterocycles. The van der Waals surface area contributed by atoms with Crippen molar-refractivity contribution in [2.24, 2.45) is 5.92 Å². The van der Waals surface area contributed by atoms with Crippen molar-refractivity contribution >= 4 is 11.3 Å². The molecule has 0 bridgehead atoms. The lowest BCUT2D eigenvalue weighted by Crippen LogP contribution is -2.34. The van der Waals surface area contributed by atoms with Gasteiger partial charge in [0.1, 0.15) is 0 Å². The molecule has 0 spiro atoms. The van der Waals surface area contributed by atoms with Gasteiger partial charge in [-0.1, -0.05) is 6.92 Å². The first-order chi connectivity index (χ1) is 9.13. The van der Waals surface area contributed by atoms with Crippen LogP contribution in [0.25, 0.3) is 0 Å². The van der Waals surface area contributed by atoms with Gasteiger partial charge >= 0.3 is 0 Å². The van der Waals surface area contributed by atoms with Crippen LogP contribution in [-0.4, -0.2) is 19.3 Å². The maximum absolute atomic E-state index is 5.66. The summed E-state index contributed by atoms with van der Waals surface area (Å²) in [5.74, 6) is 0.834.